The number of primary amides is 1. The van der Waals surface area contributed by atoms with Crippen molar-refractivity contribution >= 4 is 41.4 Å². The number of rotatable bonds is 7. The number of carboxylic acid groups (broad SMARTS) is 1. The topological polar surface area (TPSA) is 184 Å². The van der Waals surface area contributed by atoms with E-state index in [1.54, 1.807) is 0 Å². The maximum Gasteiger partial charge on any atom is 1.00 e. The van der Waals surface area contributed by atoms with E-state index >= 15 is 0 Å². The Morgan fingerprint density at radius 1 is 1.41 bits per heavy atom. The van der Waals surface area contributed by atoms with Gasteiger partial charge >= 0.3 is 35.7 Å². The number of carbonyl (C=O) groups excluding carboxylic acids is 4. The third-order valence-electron chi connectivity index (χ3n) is 4.43. The van der Waals surface area contributed by atoms with E-state index in [0.717, 1.165) is 4.90 Å². The van der Waals surface area contributed by atoms with Crippen LogP contribution in [0.4, 0.5) is 4.79 Å². The molecule has 4 N–H and O–H groups in total. The smallest absolute Gasteiger partial charge is 0.543 e. The van der Waals surface area contributed by atoms with Gasteiger partial charge in [-0.05, 0) is 12.1 Å². The van der Waals surface area contributed by atoms with Crippen LogP contribution in [0, 0.1) is 0 Å². The minimum absolute atomic E-state index is 0. The zero-order chi connectivity index (χ0) is 22.7. The summed E-state index contributed by atoms with van der Waals surface area (Å²) < 4.78 is 4.63. The predicted octanol–water partition coefficient (Wildman–Crippen LogP) is -4.75. The Labute approximate surface area is 208 Å². The summed E-state index contributed by atoms with van der Waals surface area (Å²) in [5.41, 5.74) is 4.70. The fraction of sp³-hybridized carbons (Fsp3) is 0.278. The second-order valence-corrected chi connectivity index (χ2v) is 7.49. The second-order valence-electron chi connectivity index (χ2n) is 6.38. The number of thioether (sulfide) groups is 1. The number of oxime groups is 1. The van der Waals surface area contributed by atoms with Crippen molar-refractivity contribution in [2.45, 2.75) is 11.4 Å². The molecular weight excluding hydrogens is 455 g/mol. The molecule has 0 saturated carbocycles. The fourth-order valence-corrected chi connectivity index (χ4v) is 4.45. The van der Waals surface area contributed by atoms with Crippen molar-refractivity contribution in [3.63, 3.8) is 0 Å². The zero-order valence-corrected chi connectivity index (χ0v) is 19.9. The molecule has 0 aromatic heterocycles. The summed E-state index contributed by atoms with van der Waals surface area (Å²) in [5.74, 6) is -3.05. The van der Waals surface area contributed by atoms with Gasteiger partial charge in [0.1, 0.15) is 30.9 Å². The number of phenolic OH excluding ortho intramolecular Hbond substituents is 1. The Bertz CT molecular complexity index is 1010. The van der Waals surface area contributed by atoms with E-state index in [1.807, 2.05) is 0 Å². The van der Waals surface area contributed by atoms with Gasteiger partial charge in [-0.2, -0.15) is 0 Å². The first-order chi connectivity index (χ1) is 14.7. The monoisotopic (exact) mass is 472 g/mol. The standard InChI is InChI=1S/C18H18N4O8S.Na/c1-29-21-11(8-3-2-4-10(23)5-8)14(24)20-12-15(25)22-13(17(26)27)9(6-30-18(19)28)7-31-16(12)22;/h2-5,12,16,23H,6-7H2,1H3,(H2,19,28)(H,20,24)(H,26,27);/q;+1/p-1/t12?,16-;/m0./s1. The third kappa shape index (κ3) is 5.18. The molecule has 0 radical (unpaired) electrons. The molecule has 0 spiro atoms. The molecule has 1 unspecified atom stereocenters. The molecule has 14 heteroatoms. The average Bonchev–Trinajstić information content (AvgIpc) is 2.73. The molecule has 2 atom stereocenters. The maximum absolute atomic E-state index is 12.7. The molecule has 1 aromatic carbocycles. The van der Waals surface area contributed by atoms with Crippen LogP contribution < -0.4 is 45.7 Å². The van der Waals surface area contributed by atoms with E-state index in [1.165, 1.54) is 43.1 Å². The van der Waals surface area contributed by atoms with Gasteiger partial charge in [0.05, 0.1) is 11.7 Å². The second kappa shape index (κ2) is 10.7. The van der Waals surface area contributed by atoms with Crippen molar-refractivity contribution in [1.29, 1.82) is 0 Å². The van der Waals surface area contributed by atoms with Crippen molar-refractivity contribution in [3.05, 3.63) is 41.1 Å². The van der Waals surface area contributed by atoms with Crippen molar-refractivity contribution in [2.24, 2.45) is 10.9 Å². The first kappa shape index (κ1) is 25.5. The molecule has 0 bridgehead atoms. The predicted molar refractivity (Wildman–Crippen MR) is 104 cm³/mol. The van der Waals surface area contributed by atoms with Gasteiger partial charge in [0.2, 0.25) is 0 Å². The summed E-state index contributed by atoms with van der Waals surface area (Å²) in [6, 6.07) is 4.69. The quantitative estimate of drug-likeness (QED) is 0.152. The van der Waals surface area contributed by atoms with Crippen LogP contribution in [0.2, 0.25) is 0 Å². The first-order valence-corrected chi connectivity index (χ1v) is 9.81. The molecule has 3 rings (SSSR count). The summed E-state index contributed by atoms with van der Waals surface area (Å²) in [6.45, 7) is -0.401. The van der Waals surface area contributed by atoms with Crippen LogP contribution in [0.1, 0.15) is 5.56 Å². The first-order valence-electron chi connectivity index (χ1n) is 8.76. The van der Waals surface area contributed by atoms with Crippen LogP contribution in [-0.2, 0) is 24.0 Å². The van der Waals surface area contributed by atoms with Crippen molar-refractivity contribution in [3.8, 4) is 5.75 Å². The number of carbonyl (C=O) groups is 4. The van der Waals surface area contributed by atoms with Gasteiger partial charge < -0.3 is 35.6 Å². The van der Waals surface area contributed by atoms with Crippen LogP contribution in [0.15, 0.2) is 40.7 Å². The fourth-order valence-electron chi connectivity index (χ4n) is 3.12. The van der Waals surface area contributed by atoms with Crippen LogP contribution in [0.3, 0.4) is 0 Å². The molecular formula is C18H17N4NaO8S. The van der Waals surface area contributed by atoms with Crippen LogP contribution in [-0.4, -0.2) is 70.5 Å². The molecule has 1 fully saturated rings. The van der Waals surface area contributed by atoms with Gasteiger partial charge in [-0.1, -0.05) is 17.3 Å². The minimum Gasteiger partial charge on any atom is -0.543 e. The number of nitrogens with one attached hydrogen (secondary N) is 1. The molecule has 3 amide bonds. The third-order valence-corrected chi connectivity index (χ3v) is 5.77. The number of hydrogen-bond donors (Lipinski definition) is 3. The van der Waals surface area contributed by atoms with Gasteiger partial charge in [0, 0.05) is 16.9 Å². The van der Waals surface area contributed by atoms with E-state index in [0.29, 0.717) is 0 Å². The molecule has 1 saturated heterocycles. The molecule has 32 heavy (non-hydrogen) atoms. The Morgan fingerprint density at radius 3 is 2.72 bits per heavy atom. The van der Waals surface area contributed by atoms with Crippen LogP contribution in [0.5, 0.6) is 5.75 Å². The number of aliphatic carboxylic acids is 1. The Kier molecular flexibility index (Phi) is 8.55. The number of hydrogen-bond acceptors (Lipinski definition) is 10. The summed E-state index contributed by atoms with van der Waals surface area (Å²) in [7, 11) is 1.23. The van der Waals surface area contributed by atoms with E-state index in [9.17, 15) is 29.4 Å². The maximum atomic E-state index is 12.7. The molecule has 164 valence electrons. The SMILES string of the molecule is CON=C(C(=O)NC1C(=O)N2C(C(=O)[O-])=C(COC(N)=O)CS[C@@H]12)c1cccc(O)c1.[Na+]. The van der Waals surface area contributed by atoms with Gasteiger partial charge in [-0.25, -0.2) is 4.79 Å². The van der Waals surface area contributed by atoms with E-state index < -0.39 is 47.6 Å². The van der Waals surface area contributed by atoms with Crippen LogP contribution in [0.25, 0.3) is 0 Å². The molecule has 12 nitrogen and oxygen atoms in total. The van der Waals surface area contributed by atoms with E-state index in [-0.39, 0.29) is 57.9 Å². The number of nitrogens with zero attached hydrogens (tertiary/aromatic N) is 2. The normalized spacial score (nSPS) is 19.8. The number of phenols is 1. The summed E-state index contributed by atoms with van der Waals surface area (Å²) in [5, 5.41) is 26.7. The number of nitrogens with two attached hydrogens (primary N) is 1. The van der Waals surface area contributed by atoms with Crippen LogP contribution >= 0.6 is 11.8 Å². The largest absolute Gasteiger partial charge is 1.00 e. The summed E-state index contributed by atoms with van der Waals surface area (Å²) in [6.07, 6.45) is -1.09. The Morgan fingerprint density at radius 2 is 2.12 bits per heavy atom. The zero-order valence-electron chi connectivity index (χ0n) is 17.1. The summed E-state index contributed by atoms with van der Waals surface area (Å²) in [4.78, 5) is 53.4. The Hall–Kier alpha value is -2.74. The van der Waals surface area contributed by atoms with Gasteiger partial charge in [-0.3, -0.25) is 14.5 Å². The number of fused-ring (bicyclic) bond motifs is 1. The Balaban J connectivity index is 0.00000363. The number of ether oxygens (including phenoxy) is 1. The van der Waals surface area contributed by atoms with Gasteiger partial charge in [0.25, 0.3) is 11.8 Å². The summed E-state index contributed by atoms with van der Waals surface area (Å²) >= 11 is 1.17. The van der Waals surface area contributed by atoms with E-state index in [2.05, 4.69) is 15.2 Å². The number of aromatic hydroxyl groups is 1. The van der Waals surface area contributed by atoms with Crippen molar-refractivity contribution in [1.82, 2.24) is 10.2 Å². The van der Waals surface area contributed by atoms with Crippen molar-refractivity contribution in [2.75, 3.05) is 19.5 Å². The average molecular weight is 472 g/mol. The molecule has 2 heterocycles. The molecule has 0 aliphatic carbocycles. The number of benzene rings is 1. The minimum atomic E-state index is -1.62. The van der Waals surface area contributed by atoms with Gasteiger partial charge in [-0.15, -0.1) is 11.8 Å². The number of carboxylic acids is 1. The van der Waals surface area contributed by atoms with E-state index in [4.69, 9.17) is 10.6 Å². The number of β-lactam (4-membered cyclic amide) rings is 1. The number of amides is 3. The van der Waals surface area contributed by atoms with Gasteiger partial charge in [0.15, 0.2) is 5.71 Å². The van der Waals surface area contributed by atoms with Crippen molar-refractivity contribution < 1.29 is 68.5 Å². The molecule has 2 aliphatic rings. The molecule has 2 aliphatic heterocycles. The molecule has 1 aromatic rings.